The highest BCUT2D eigenvalue weighted by molar-refractivity contribution is 6.51. The van der Waals surface area contributed by atoms with E-state index in [0.717, 1.165) is 22.8 Å². The molecule has 1 aromatic heterocycles. The second-order valence-electron chi connectivity index (χ2n) is 6.89. The lowest BCUT2D eigenvalue weighted by Crippen LogP contribution is -2.37. The van der Waals surface area contributed by atoms with E-state index in [9.17, 15) is 104 Å². The van der Waals surface area contributed by atoms with E-state index in [1.165, 1.54) is 0 Å². The summed E-state index contributed by atoms with van der Waals surface area (Å²) in [4.78, 5) is 3.84. The third kappa shape index (κ3) is 75.0. The second kappa shape index (κ2) is 22.2. The molecule has 0 aliphatic rings. The van der Waals surface area contributed by atoms with Gasteiger partial charge < -0.3 is 104 Å². The molecule has 0 aliphatic carbocycles. The molecule has 47 heavy (non-hydrogen) atoms. The average Bonchev–Trinajstić information content (AvgIpc) is 3.15. The van der Waals surface area contributed by atoms with E-state index < -0.39 is 43.5 Å². The van der Waals surface area contributed by atoms with Crippen molar-refractivity contribution in [1.29, 1.82) is 0 Å². The number of carbonyl (C=O) groups excluding carboxylic acids is 1. The number of hydrogen-bond donors (Lipinski definition) is 1. The van der Waals surface area contributed by atoms with Crippen LogP contribution in [0, 0.1) is 0 Å². The van der Waals surface area contributed by atoms with Gasteiger partial charge in [-0.2, -0.15) is 0 Å². The fourth-order valence-electron chi connectivity index (χ4n) is 1.85. The van der Waals surface area contributed by atoms with E-state index in [0.29, 0.717) is 0 Å². The number of benzene rings is 1. The molecule has 282 valence electrons. The van der Waals surface area contributed by atoms with Crippen molar-refractivity contribution in [3.8, 4) is 0 Å². The summed E-state index contributed by atoms with van der Waals surface area (Å²) >= 11 is 0. The molecule has 0 spiro atoms. The molecule has 1 heterocycles. The molecule has 0 atom stereocenters. The minimum absolute atomic E-state index is 0.737. The number of aromatic nitrogens is 3. The zero-order valence-electron chi connectivity index (χ0n) is 23.0. The van der Waals surface area contributed by atoms with Crippen LogP contribution in [0.25, 0.3) is 11.0 Å². The van der Waals surface area contributed by atoms with Crippen LogP contribution < -0.4 is 4.90 Å². The zero-order valence-corrected chi connectivity index (χ0v) is 23.0. The molecule has 1 aromatic carbocycles. The molecule has 6 nitrogen and oxygen atoms in total. The van der Waals surface area contributed by atoms with E-state index in [1.807, 2.05) is 49.1 Å². The maximum Gasteiger partial charge on any atom is 0.673 e. The van der Waals surface area contributed by atoms with Crippen LogP contribution in [0.1, 0.15) is 0 Å². The first-order valence-electron chi connectivity index (χ1n) is 10.5. The summed E-state index contributed by atoms with van der Waals surface area (Å²) in [6.45, 7) is 0. The number of amides is 2. The second-order valence-corrected chi connectivity index (χ2v) is 6.89. The van der Waals surface area contributed by atoms with Gasteiger partial charge in [0.15, 0.2) is 0 Å². The standard InChI is InChI=1S/C11H16N5O.6BF4/c1-15(2)11(17-4)16(3)9-7-5-6-8-10(9)13-14-12-8;6*2-1(3,4)5/h5-7H,1-4H3,(H,12,13,14);;;;;;/q+1;6*-1. The van der Waals surface area contributed by atoms with Gasteiger partial charge in [-0.05, 0) is 12.1 Å². The molecular weight excluding hydrogens is 739 g/mol. The molecule has 0 bridgehead atoms. The first-order chi connectivity index (χ1) is 20.1. The number of aromatic amines is 1. The highest BCUT2D eigenvalue weighted by Gasteiger charge is 2.25. The summed E-state index contributed by atoms with van der Waals surface area (Å²) in [7, 11) is -28.6. The Labute approximate surface area is 247 Å². The van der Waals surface area contributed by atoms with Crippen molar-refractivity contribution in [3.63, 3.8) is 0 Å². The maximum atomic E-state index is 9.75. The van der Waals surface area contributed by atoms with Gasteiger partial charge in [0.1, 0.15) is 5.52 Å². The molecule has 2 rings (SSSR count). The third-order valence-electron chi connectivity index (χ3n) is 2.55. The molecule has 2 amide bonds. The Bertz CT molecular complexity index is 966. The van der Waals surface area contributed by atoms with Crippen molar-refractivity contribution in [2.24, 2.45) is 0 Å². The monoisotopic (exact) mass is 756 g/mol. The number of nitrogens with zero attached hydrogens (tertiary/aromatic N) is 4. The molecule has 0 unspecified atom stereocenters. The number of rotatable bonds is 1. The van der Waals surface area contributed by atoms with Gasteiger partial charge in [-0.15, -0.1) is 5.10 Å². The van der Waals surface area contributed by atoms with Crippen LogP contribution in [0.2, 0.25) is 0 Å². The van der Waals surface area contributed by atoms with Crippen molar-refractivity contribution in [1.82, 2.24) is 20.3 Å². The Morgan fingerprint density at radius 2 is 0.830 bits per heavy atom. The molecule has 0 fully saturated rings. The van der Waals surface area contributed by atoms with Crippen LogP contribution in [-0.2, 0) is 0 Å². The third-order valence-corrected chi connectivity index (χ3v) is 2.55. The van der Waals surface area contributed by atoms with Gasteiger partial charge >= 0.3 is 49.6 Å². The van der Waals surface area contributed by atoms with Crippen molar-refractivity contribution < 1.29 is 108 Å². The Morgan fingerprint density at radius 1 is 0.553 bits per heavy atom. The minimum Gasteiger partial charge on any atom is -0.418 e. The van der Waals surface area contributed by atoms with Crippen LogP contribution in [0.3, 0.4) is 0 Å². The van der Waals surface area contributed by atoms with Gasteiger partial charge in [0.2, 0.25) is 0 Å². The zero-order chi connectivity index (χ0) is 39.4. The Balaban J connectivity index is -0.000000164. The molecular formula is C11H16B6F24N5O-5. The normalized spacial score (nSPS) is 12.0. The van der Waals surface area contributed by atoms with Crippen LogP contribution in [-0.4, -0.2) is 98.1 Å². The Hall–Kier alpha value is -3.40. The molecule has 1 N–H and O–H groups in total. The highest BCUT2D eigenvalue weighted by atomic mass is 19.5. The largest absolute Gasteiger partial charge is 0.673 e. The van der Waals surface area contributed by atoms with Crippen molar-refractivity contribution in [3.05, 3.63) is 18.2 Å². The number of halogens is 24. The average molecular weight is 755 g/mol. The number of fused-ring (bicyclic) bond motifs is 1. The Morgan fingerprint density at radius 3 is 1.06 bits per heavy atom. The van der Waals surface area contributed by atoms with Crippen LogP contribution in [0.5, 0.6) is 0 Å². The van der Waals surface area contributed by atoms with E-state index in [-0.39, 0.29) is 0 Å². The van der Waals surface area contributed by atoms with Crippen molar-refractivity contribution >= 4 is 66.3 Å². The Kier molecular flexibility index (Phi) is 25.1. The summed E-state index contributed by atoms with van der Waals surface area (Å²) in [5, 5.41) is 10.7. The molecule has 2 aromatic rings. The lowest BCUT2D eigenvalue weighted by molar-refractivity contribution is -0.0921. The fraction of sp³-hybridized carbons (Fsp3) is 0.364. The SMILES string of the molecule is C[O+]=C(N(C)C)N(C)c1cccc2[nH]nnc12.F[B-](F)(F)F.F[B-](F)(F)F.F[B-](F)(F)F.F[B-](F)(F)F.F[B-](F)(F)F.F[B-](F)(F)F. The predicted molar refractivity (Wildman–Crippen MR) is 128 cm³/mol. The summed E-state index contributed by atoms with van der Waals surface area (Å²) < 4.78 is 239. The first kappa shape index (κ1) is 53.1. The van der Waals surface area contributed by atoms with Crippen LogP contribution in [0.4, 0.5) is 114 Å². The molecule has 0 saturated carbocycles. The molecule has 36 heteroatoms. The van der Waals surface area contributed by atoms with Gasteiger partial charge in [-0.25, -0.2) is 9.32 Å². The molecule has 0 radical (unpaired) electrons. The van der Waals surface area contributed by atoms with Crippen LogP contribution in [0.15, 0.2) is 18.2 Å². The van der Waals surface area contributed by atoms with Gasteiger partial charge in [0.05, 0.1) is 11.2 Å². The summed E-state index contributed by atoms with van der Waals surface area (Å²) in [5.41, 5.74) is 2.68. The molecule has 0 aliphatic heterocycles. The summed E-state index contributed by atoms with van der Waals surface area (Å²) in [5.74, 6) is 0. The van der Waals surface area contributed by atoms with Gasteiger partial charge in [0, 0.05) is 21.1 Å². The summed E-state index contributed by atoms with van der Waals surface area (Å²) in [6.07, 6.45) is 0. The predicted octanol–water partition coefficient (Wildman–Crippen LogP) is 9.04. The summed E-state index contributed by atoms with van der Waals surface area (Å²) in [6, 6.07) is 6.61. The lowest BCUT2D eigenvalue weighted by atomic mass is 10.2. The van der Waals surface area contributed by atoms with E-state index in [1.54, 1.807) is 7.11 Å². The smallest absolute Gasteiger partial charge is 0.418 e. The maximum absolute atomic E-state index is 9.75. The van der Waals surface area contributed by atoms with Gasteiger partial charge in [0.25, 0.3) is 7.11 Å². The lowest BCUT2D eigenvalue weighted by Gasteiger charge is -2.17. The number of nitrogens with one attached hydrogen (secondary N) is 1. The van der Waals surface area contributed by atoms with E-state index in [4.69, 9.17) is 4.42 Å². The van der Waals surface area contributed by atoms with Crippen LogP contribution >= 0.6 is 0 Å². The van der Waals surface area contributed by atoms with Crippen molar-refractivity contribution in [2.75, 3.05) is 33.2 Å². The minimum atomic E-state index is -6.00. The number of urea groups is 1. The fourth-order valence-corrected chi connectivity index (χ4v) is 1.85. The number of anilines is 1. The van der Waals surface area contributed by atoms with Gasteiger partial charge in [-0.3, -0.25) is 10.00 Å². The van der Waals surface area contributed by atoms with Gasteiger partial charge in [-0.1, -0.05) is 11.3 Å². The highest BCUT2D eigenvalue weighted by Crippen LogP contribution is 2.23. The number of H-pyrrole nitrogens is 1. The number of hydrogen-bond acceptors (Lipinski definition) is 2. The van der Waals surface area contributed by atoms with E-state index >= 15 is 0 Å². The topological polar surface area (TPSA) is 59.4 Å². The van der Waals surface area contributed by atoms with Crippen molar-refractivity contribution in [2.45, 2.75) is 0 Å². The quantitative estimate of drug-likeness (QED) is 0.180. The first-order valence-corrected chi connectivity index (χ1v) is 10.5. The van der Waals surface area contributed by atoms with E-state index in [2.05, 4.69) is 15.4 Å². The molecule has 0 saturated heterocycles.